The molecule has 3 rings (SSSR count). The summed E-state index contributed by atoms with van der Waals surface area (Å²) in [5.74, 6) is 1.20. The Balaban J connectivity index is 2.30. The Morgan fingerprint density at radius 3 is 2.33 bits per heavy atom. The molecule has 0 N–H and O–H groups in total. The molecule has 1 aromatic heterocycles. The van der Waals surface area contributed by atoms with Crippen molar-refractivity contribution < 1.29 is 13.9 Å². The van der Waals surface area contributed by atoms with E-state index in [1.165, 1.54) is 0 Å². The number of hydrogen-bond donors (Lipinski definition) is 0. The van der Waals surface area contributed by atoms with Crippen LogP contribution < -0.4 is 15.1 Å². The standard InChI is InChI=1S/C23H24O4/c1-6-23(2,3)20-19(26-5)14-18(25-4)17-13-16(22(24)27-21(17)20)12-15-10-8-7-9-11-15/h6-11,13-14H,1,12H2,2-5H3. The average Bonchev–Trinajstić information content (AvgIpc) is 2.68. The molecule has 2 aromatic carbocycles. The molecule has 0 saturated heterocycles. The maximum absolute atomic E-state index is 12.7. The Labute approximate surface area is 159 Å². The van der Waals surface area contributed by atoms with E-state index in [4.69, 9.17) is 13.9 Å². The van der Waals surface area contributed by atoms with Gasteiger partial charge >= 0.3 is 5.63 Å². The zero-order chi connectivity index (χ0) is 19.6. The third kappa shape index (κ3) is 3.47. The molecule has 1 heterocycles. The summed E-state index contributed by atoms with van der Waals surface area (Å²) in [6, 6.07) is 13.5. The van der Waals surface area contributed by atoms with Crippen molar-refractivity contribution >= 4 is 11.0 Å². The van der Waals surface area contributed by atoms with E-state index in [9.17, 15) is 4.79 Å². The highest BCUT2D eigenvalue weighted by Gasteiger charge is 2.28. The van der Waals surface area contributed by atoms with Gasteiger partial charge in [0.25, 0.3) is 0 Å². The molecule has 0 saturated carbocycles. The fourth-order valence-corrected chi connectivity index (χ4v) is 3.24. The summed E-state index contributed by atoms with van der Waals surface area (Å²) in [6.45, 7) is 7.93. The minimum Gasteiger partial charge on any atom is -0.496 e. The van der Waals surface area contributed by atoms with Crippen LogP contribution >= 0.6 is 0 Å². The van der Waals surface area contributed by atoms with Crippen LogP contribution in [0.4, 0.5) is 0 Å². The van der Waals surface area contributed by atoms with E-state index in [-0.39, 0.29) is 5.63 Å². The molecule has 27 heavy (non-hydrogen) atoms. The Morgan fingerprint density at radius 1 is 1.07 bits per heavy atom. The number of fused-ring (bicyclic) bond motifs is 1. The summed E-state index contributed by atoms with van der Waals surface area (Å²) in [5, 5.41) is 0.744. The molecule has 0 bridgehead atoms. The second-order valence-corrected chi connectivity index (χ2v) is 7.05. The van der Waals surface area contributed by atoms with Crippen molar-refractivity contribution in [1.29, 1.82) is 0 Å². The molecule has 0 unspecified atom stereocenters. The number of ether oxygens (including phenoxy) is 2. The van der Waals surface area contributed by atoms with Crippen LogP contribution in [0.3, 0.4) is 0 Å². The summed E-state index contributed by atoms with van der Waals surface area (Å²) in [7, 11) is 3.18. The van der Waals surface area contributed by atoms with Gasteiger partial charge < -0.3 is 13.9 Å². The van der Waals surface area contributed by atoms with Crippen molar-refractivity contribution in [2.24, 2.45) is 0 Å². The third-order valence-electron chi connectivity index (χ3n) is 4.85. The van der Waals surface area contributed by atoms with Crippen molar-refractivity contribution in [2.45, 2.75) is 25.7 Å². The summed E-state index contributed by atoms with van der Waals surface area (Å²) < 4.78 is 16.9. The molecule has 140 valence electrons. The zero-order valence-electron chi connectivity index (χ0n) is 16.2. The number of methoxy groups -OCH3 is 2. The summed E-state index contributed by atoms with van der Waals surface area (Å²) in [5.41, 5.74) is 2.06. The van der Waals surface area contributed by atoms with Gasteiger partial charge in [0.2, 0.25) is 0 Å². The van der Waals surface area contributed by atoms with E-state index < -0.39 is 5.41 Å². The zero-order valence-corrected chi connectivity index (χ0v) is 16.2. The molecule has 0 atom stereocenters. The molecule has 0 aliphatic carbocycles. The van der Waals surface area contributed by atoms with E-state index in [2.05, 4.69) is 6.58 Å². The Hall–Kier alpha value is -3.01. The molecule has 0 radical (unpaired) electrons. The summed E-state index contributed by atoms with van der Waals surface area (Å²) in [4.78, 5) is 12.7. The highest BCUT2D eigenvalue weighted by Crippen LogP contribution is 2.42. The molecule has 0 aliphatic heterocycles. The average molecular weight is 364 g/mol. The molecule has 3 aromatic rings. The van der Waals surface area contributed by atoms with Gasteiger partial charge in [0.15, 0.2) is 0 Å². The van der Waals surface area contributed by atoms with Crippen molar-refractivity contribution in [1.82, 2.24) is 0 Å². The van der Waals surface area contributed by atoms with Crippen LogP contribution in [0.5, 0.6) is 11.5 Å². The van der Waals surface area contributed by atoms with E-state index in [0.29, 0.717) is 29.1 Å². The van der Waals surface area contributed by atoms with Gasteiger partial charge in [0.05, 0.1) is 19.6 Å². The van der Waals surface area contributed by atoms with Crippen LogP contribution in [0.1, 0.15) is 30.5 Å². The number of benzene rings is 2. The minimum atomic E-state index is -0.452. The lowest BCUT2D eigenvalue weighted by molar-refractivity contribution is 0.386. The normalized spacial score (nSPS) is 11.4. The summed E-state index contributed by atoms with van der Waals surface area (Å²) in [6.07, 6.45) is 2.31. The fourth-order valence-electron chi connectivity index (χ4n) is 3.24. The number of allylic oxidation sites excluding steroid dienone is 1. The van der Waals surface area contributed by atoms with Crippen LogP contribution in [-0.4, -0.2) is 14.2 Å². The fraction of sp³-hybridized carbons (Fsp3) is 0.261. The van der Waals surface area contributed by atoms with Gasteiger partial charge in [-0.05, 0) is 11.6 Å². The quantitative estimate of drug-likeness (QED) is 0.463. The topological polar surface area (TPSA) is 48.7 Å². The lowest BCUT2D eigenvalue weighted by atomic mass is 9.82. The molecular formula is C23H24O4. The van der Waals surface area contributed by atoms with Crippen LogP contribution in [0.2, 0.25) is 0 Å². The second kappa shape index (κ2) is 7.31. The predicted molar refractivity (Wildman–Crippen MR) is 108 cm³/mol. The van der Waals surface area contributed by atoms with Gasteiger partial charge in [0.1, 0.15) is 17.1 Å². The first kappa shape index (κ1) is 18.8. The number of rotatable bonds is 6. The molecule has 0 aliphatic rings. The maximum atomic E-state index is 12.7. The minimum absolute atomic E-state index is 0.359. The van der Waals surface area contributed by atoms with Gasteiger partial charge in [-0.2, -0.15) is 0 Å². The van der Waals surface area contributed by atoms with Gasteiger partial charge in [-0.15, -0.1) is 6.58 Å². The predicted octanol–water partition coefficient (Wildman–Crippen LogP) is 4.86. The van der Waals surface area contributed by atoms with Crippen molar-refractivity contribution in [3.05, 3.63) is 82.2 Å². The van der Waals surface area contributed by atoms with Crippen molar-refractivity contribution in [3.63, 3.8) is 0 Å². The lowest BCUT2D eigenvalue weighted by Crippen LogP contribution is -2.17. The van der Waals surface area contributed by atoms with E-state index >= 15 is 0 Å². The van der Waals surface area contributed by atoms with Gasteiger partial charge in [-0.3, -0.25) is 0 Å². The SMILES string of the molecule is C=CC(C)(C)c1c(OC)cc(OC)c2cc(Cc3ccccc3)c(=O)oc12. The smallest absolute Gasteiger partial charge is 0.339 e. The second-order valence-electron chi connectivity index (χ2n) is 7.05. The van der Waals surface area contributed by atoms with Gasteiger partial charge in [0, 0.05) is 29.0 Å². The lowest BCUT2D eigenvalue weighted by Gasteiger charge is -2.25. The molecular weight excluding hydrogens is 340 g/mol. The molecule has 0 fully saturated rings. The third-order valence-corrected chi connectivity index (χ3v) is 4.85. The molecule has 0 amide bonds. The highest BCUT2D eigenvalue weighted by molar-refractivity contribution is 5.90. The van der Waals surface area contributed by atoms with Crippen LogP contribution in [0, 0.1) is 0 Å². The van der Waals surface area contributed by atoms with E-state index in [1.54, 1.807) is 14.2 Å². The van der Waals surface area contributed by atoms with Crippen molar-refractivity contribution in [3.8, 4) is 11.5 Å². The van der Waals surface area contributed by atoms with Crippen molar-refractivity contribution in [2.75, 3.05) is 14.2 Å². The highest BCUT2D eigenvalue weighted by atomic mass is 16.5. The Kier molecular flexibility index (Phi) is 5.08. The van der Waals surface area contributed by atoms with E-state index in [1.807, 2.05) is 62.4 Å². The van der Waals surface area contributed by atoms with Crippen LogP contribution in [-0.2, 0) is 11.8 Å². The molecule has 4 heteroatoms. The Morgan fingerprint density at radius 2 is 1.74 bits per heavy atom. The first-order valence-corrected chi connectivity index (χ1v) is 8.81. The van der Waals surface area contributed by atoms with Crippen LogP contribution in [0.15, 0.2) is 64.3 Å². The maximum Gasteiger partial charge on any atom is 0.339 e. The summed E-state index contributed by atoms with van der Waals surface area (Å²) >= 11 is 0. The Bertz CT molecular complexity index is 1030. The monoisotopic (exact) mass is 364 g/mol. The molecule has 4 nitrogen and oxygen atoms in total. The first-order chi connectivity index (χ1) is 12.9. The number of hydrogen-bond acceptors (Lipinski definition) is 4. The largest absolute Gasteiger partial charge is 0.496 e. The first-order valence-electron chi connectivity index (χ1n) is 8.81. The van der Waals surface area contributed by atoms with Gasteiger partial charge in [-0.1, -0.05) is 50.3 Å². The van der Waals surface area contributed by atoms with Crippen LogP contribution in [0.25, 0.3) is 11.0 Å². The van der Waals surface area contributed by atoms with E-state index in [0.717, 1.165) is 16.5 Å². The molecule has 0 spiro atoms. The van der Waals surface area contributed by atoms with Gasteiger partial charge in [-0.25, -0.2) is 4.79 Å².